The monoisotopic (exact) mass is 326 g/mol. The summed E-state index contributed by atoms with van der Waals surface area (Å²) in [5, 5.41) is 0. The minimum Gasteiger partial charge on any atom is -0.491 e. The van der Waals surface area contributed by atoms with Crippen molar-refractivity contribution in [3.05, 3.63) is 28.2 Å². The van der Waals surface area contributed by atoms with E-state index in [4.69, 9.17) is 4.74 Å². The Morgan fingerprint density at radius 1 is 1.32 bits per heavy atom. The molecule has 0 aliphatic heterocycles. The van der Waals surface area contributed by atoms with Crippen molar-refractivity contribution in [1.29, 1.82) is 0 Å². The quantitative estimate of drug-likeness (QED) is 0.473. The molecule has 0 N–H and O–H groups in total. The highest BCUT2D eigenvalue weighted by Crippen LogP contribution is 2.24. The molecule has 0 fully saturated rings. The highest BCUT2D eigenvalue weighted by molar-refractivity contribution is 9.10. The smallest absolute Gasteiger partial charge is 0.160 e. The van der Waals surface area contributed by atoms with E-state index in [2.05, 4.69) is 29.8 Å². The first-order chi connectivity index (χ1) is 9.04. The molecule has 1 atom stereocenters. The fourth-order valence-corrected chi connectivity index (χ4v) is 2.64. The number of ether oxygens (including phenoxy) is 1. The maximum Gasteiger partial charge on any atom is 0.160 e. The van der Waals surface area contributed by atoms with Crippen LogP contribution in [0.2, 0.25) is 0 Å². The van der Waals surface area contributed by atoms with E-state index in [0.717, 1.165) is 16.6 Å². The standard InChI is InChI=1S/C16H23BrO2/c1-4-5-6-7-8-12(2)19-14-9-10-15(13(3)18)16(17)11-14/h9-12H,4-8H2,1-3H3. The number of Topliss-reactive ketones (excluding diaryl/α,β-unsaturated/α-hetero) is 1. The molecule has 1 aromatic rings. The van der Waals surface area contributed by atoms with Gasteiger partial charge in [0.25, 0.3) is 0 Å². The Hall–Kier alpha value is -0.830. The van der Waals surface area contributed by atoms with Crippen molar-refractivity contribution < 1.29 is 9.53 Å². The molecule has 0 saturated carbocycles. The molecule has 0 aliphatic rings. The Bertz CT molecular complexity index is 415. The third-order valence-electron chi connectivity index (χ3n) is 3.12. The van der Waals surface area contributed by atoms with Gasteiger partial charge in [-0.25, -0.2) is 0 Å². The van der Waals surface area contributed by atoms with Crippen LogP contribution in [0.3, 0.4) is 0 Å². The predicted molar refractivity (Wildman–Crippen MR) is 83.0 cm³/mol. The van der Waals surface area contributed by atoms with Crippen LogP contribution in [0.1, 0.15) is 63.2 Å². The summed E-state index contributed by atoms with van der Waals surface area (Å²) < 4.78 is 6.67. The number of benzene rings is 1. The number of halogens is 1. The molecule has 1 rings (SSSR count). The van der Waals surface area contributed by atoms with Crippen LogP contribution in [-0.2, 0) is 0 Å². The number of carbonyl (C=O) groups is 1. The number of hydrogen-bond acceptors (Lipinski definition) is 2. The van der Waals surface area contributed by atoms with Crippen molar-refractivity contribution in [3.8, 4) is 5.75 Å². The topological polar surface area (TPSA) is 26.3 Å². The number of hydrogen-bond donors (Lipinski definition) is 0. The van der Waals surface area contributed by atoms with E-state index >= 15 is 0 Å². The maximum absolute atomic E-state index is 11.3. The van der Waals surface area contributed by atoms with E-state index in [1.165, 1.54) is 25.7 Å². The molecule has 0 aliphatic carbocycles. The molecule has 106 valence electrons. The SMILES string of the molecule is CCCCCCC(C)Oc1ccc(C(C)=O)c(Br)c1. The third kappa shape index (κ3) is 5.77. The minimum absolute atomic E-state index is 0.0611. The second-order valence-electron chi connectivity index (χ2n) is 4.98. The highest BCUT2D eigenvalue weighted by Gasteiger charge is 2.08. The zero-order valence-corrected chi connectivity index (χ0v) is 13.6. The molecule has 1 unspecified atom stereocenters. The van der Waals surface area contributed by atoms with Crippen molar-refractivity contribution in [2.45, 2.75) is 59.0 Å². The molecule has 19 heavy (non-hydrogen) atoms. The lowest BCUT2D eigenvalue weighted by atomic mass is 10.1. The van der Waals surface area contributed by atoms with Gasteiger partial charge >= 0.3 is 0 Å². The van der Waals surface area contributed by atoms with E-state index < -0.39 is 0 Å². The summed E-state index contributed by atoms with van der Waals surface area (Å²) in [6.45, 7) is 5.88. The number of carbonyl (C=O) groups excluding carboxylic acids is 1. The summed E-state index contributed by atoms with van der Waals surface area (Å²) in [6, 6.07) is 5.55. The molecule has 1 aromatic carbocycles. The summed E-state index contributed by atoms with van der Waals surface area (Å²) in [6.07, 6.45) is 6.33. The van der Waals surface area contributed by atoms with Crippen LogP contribution < -0.4 is 4.74 Å². The fourth-order valence-electron chi connectivity index (χ4n) is 2.00. The van der Waals surface area contributed by atoms with Gasteiger partial charge in [0.1, 0.15) is 5.75 Å². The normalized spacial score (nSPS) is 12.2. The van der Waals surface area contributed by atoms with E-state index in [9.17, 15) is 4.79 Å². The van der Waals surface area contributed by atoms with E-state index in [0.29, 0.717) is 5.56 Å². The predicted octanol–water partition coefficient (Wildman–Crippen LogP) is 5.39. The molecule has 0 spiro atoms. The largest absolute Gasteiger partial charge is 0.491 e. The molecular weight excluding hydrogens is 304 g/mol. The van der Waals surface area contributed by atoms with E-state index in [1.54, 1.807) is 6.92 Å². The van der Waals surface area contributed by atoms with Crippen LogP contribution in [-0.4, -0.2) is 11.9 Å². The third-order valence-corrected chi connectivity index (χ3v) is 3.78. The van der Waals surface area contributed by atoms with Crippen LogP contribution in [0, 0.1) is 0 Å². The molecule has 0 bridgehead atoms. The first-order valence-electron chi connectivity index (χ1n) is 7.01. The van der Waals surface area contributed by atoms with Gasteiger partial charge in [0, 0.05) is 10.0 Å². The van der Waals surface area contributed by atoms with Crippen LogP contribution in [0.25, 0.3) is 0 Å². The average Bonchev–Trinajstić information content (AvgIpc) is 2.34. The lowest BCUT2D eigenvalue weighted by Gasteiger charge is -2.15. The Kier molecular flexibility index (Phi) is 7.14. The molecule has 2 nitrogen and oxygen atoms in total. The molecule has 0 radical (unpaired) electrons. The van der Waals surface area contributed by atoms with Crippen LogP contribution >= 0.6 is 15.9 Å². The van der Waals surface area contributed by atoms with Gasteiger partial charge in [-0.3, -0.25) is 4.79 Å². The minimum atomic E-state index is 0.0611. The Morgan fingerprint density at radius 3 is 2.63 bits per heavy atom. The zero-order valence-electron chi connectivity index (χ0n) is 12.0. The first-order valence-corrected chi connectivity index (χ1v) is 7.81. The summed E-state index contributed by atoms with van der Waals surface area (Å²) in [7, 11) is 0. The van der Waals surface area contributed by atoms with Crippen molar-refractivity contribution in [2.75, 3.05) is 0 Å². The molecular formula is C16H23BrO2. The Balaban J connectivity index is 2.48. The first kappa shape index (κ1) is 16.2. The zero-order chi connectivity index (χ0) is 14.3. The second kappa shape index (κ2) is 8.36. The average molecular weight is 327 g/mol. The van der Waals surface area contributed by atoms with Gasteiger partial charge in [-0.05, 0) is 60.8 Å². The summed E-state index contributed by atoms with van der Waals surface area (Å²) in [5.74, 6) is 0.880. The van der Waals surface area contributed by atoms with Gasteiger partial charge < -0.3 is 4.74 Å². The number of unbranched alkanes of at least 4 members (excludes halogenated alkanes) is 3. The lowest BCUT2D eigenvalue weighted by Crippen LogP contribution is -2.11. The van der Waals surface area contributed by atoms with Gasteiger partial charge in [-0.2, -0.15) is 0 Å². The van der Waals surface area contributed by atoms with E-state index in [1.807, 2.05) is 18.2 Å². The molecule has 0 aromatic heterocycles. The Labute approximate surface area is 124 Å². The lowest BCUT2D eigenvalue weighted by molar-refractivity contribution is 0.101. The van der Waals surface area contributed by atoms with Gasteiger partial charge in [-0.15, -0.1) is 0 Å². The van der Waals surface area contributed by atoms with Gasteiger partial charge in [-0.1, -0.05) is 26.2 Å². The summed E-state index contributed by atoms with van der Waals surface area (Å²) >= 11 is 3.41. The van der Waals surface area contributed by atoms with Crippen molar-refractivity contribution in [1.82, 2.24) is 0 Å². The fraction of sp³-hybridized carbons (Fsp3) is 0.562. The highest BCUT2D eigenvalue weighted by atomic mass is 79.9. The summed E-state index contributed by atoms with van der Waals surface area (Å²) in [5.41, 5.74) is 0.697. The van der Waals surface area contributed by atoms with Crippen molar-refractivity contribution in [2.24, 2.45) is 0 Å². The molecule has 0 heterocycles. The number of ketones is 1. The van der Waals surface area contributed by atoms with Crippen molar-refractivity contribution in [3.63, 3.8) is 0 Å². The molecule has 0 saturated heterocycles. The summed E-state index contributed by atoms with van der Waals surface area (Å²) in [4.78, 5) is 11.3. The van der Waals surface area contributed by atoms with E-state index in [-0.39, 0.29) is 11.9 Å². The molecule has 0 amide bonds. The van der Waals surface area contributed by atoms with Gasteiger partial charge in [0.15, 0.2) is 5.78 Å². The van der Waals surface area contributed by atoms with Crippen LogP contribution in [0.15, 0.2) is 22.7 Å². The van der Waals surface area contributed by atoms with Crippen LogP contribution in [0.4, 0.5) is 0 Å². The van der Waals surface area contributed by atoms with Crippen LogP contribution in [0.5, 0.6) is 5.75 Å². The number of rotatable bonds is 8. The maximum atomic E-state index is 11.3. The van der Waals surface area contributed by atoms with Crippen molar-refractivity contribution >= 4 is 21.7 Å². The Morgan fingerprint density at radius 2 is 2.05 bits per heavy atom. The van der Waals surface area contributed by atoms with Gasteiger partial charge in [0.05, 0.1) is 6.10 Å². The van der Waals surface area contributed by atoms with Gasteiger partial charge in [0.2, 0.25) is 0 Å². The molecule has 3 heteroatoms. The second-order valence-corrected chi connectivity index (χ2v) is 5.83.